The molecule has 26 heavy (non-hydrogen) atoms. The zero-order chi connectivity index (χ0) is 18.3. The van der Waals surface area contributed by atoms with Crippen LogP contribution in [0.4, 0.5) is 11.4 Å². The Balaban J connectivity index is 1.78. The van der Waals surface area contributed by atoms with Gasteiger partial charge in [0.15, 0.2) is 0 Å². The topological polar surface area (TPSA) is 47.9 Å². The molecule has 1 aliphatic carbocycles. The number of hydrogen-bond donors (Lipinski definition) is 2. The lowest BCUT2D eigenvalue weighted by Crippen LogP contribution is -2.52. The lowest BCUT2D eigenvalue weighted by molar-refractivity contribution is 0.471. The van der Waals surface area contributed by atoms with Gasteiger partial charge in [-0.3, -0.25) is 0 Å². The molecule has 0 atom stereocenters. The predicted molar refractivity (Wildman–Crippen MR) is 111 cm³/mol. The quantitative estimate of drug-likeness (QED) is 0.740. The largest absolute Gasteiger partial charge is 0.506 e. The number of aryl methyl sites for hydroxylation is 2. The fraction of sp³-hybridized carbons (Fsp3) is 0.333. The maximum atomic E-state index is 10.4. The summed E-state index contributed by atoms with van der Waals surface area (Å²) < 4.78 is 0. The summed E-state index contributed by atoms with van der Waals surface area (Å²) in [4.78, 5) is 6.81. The molecule has 2 aromatic rings. The number of amidine groups is 1. The Morgan fingerprint density at radius 2 is 1.69 bits per heavy atom. The van der Waals surface area contributed by atoms with Crippen LogP contribution >= 0.6 is 12.2 Å². The Bertz CT molecular complexity index is 880. The molecule has 2 aliphatic rings. The molecule has 0 unspecified atom stereocenters. The van der Waals surface area contributed by atoms with Gasteiger partial charge in [0.25, 0.3) is 0 Å². The zero-order valence-electron chi connectivity index (χ0n) is 15.1. The highest BCUT2D eigenvalue weighted by Gasteiger charge is 2.51. The molecule has 5 heteroatoms. The highest BCUT2D eigenvalue weighted by atomic mass is 32.1. The first-order valence-electron chi connectivity index (χ1n) is 9.07. The Morgan fingerprint density at radius 3 is 2.35 bits per heavy atom. The van der Waals surface area contributed by atoms with Crippen molar-refractivity contribution in [3.63, 3.8) is 0 Å². The van der Waals surface area contributed by atoms with E-state index in [4.69, 9.17) is 17.2 Å². The number of benzene rings is 2. The summed E-state index contributed by atoms with van der Waals surface area (Å²) >= 11 is 5.64. The highest BCUT2D eigenvalue weighted by Crippen LogP contribution is 2.45. The van der Waals surface area contributed by atoms with Crippen molar-refractivity contribution in [2.45, 2.75) is 45.1 Å². The van der Waals surface area contributed by atoms with Crippen LogP contribution in [0.15, 0.2) is 47.5 Å². The number of anilines is 2. The van der Waals surface area contributed by atoms with Crippen molar-refractivity contribution in [1.29, 1.82) is 0 Å². The summed E-state index contributed by atoms with van der Waals surface area (Å²) in [6.07, 6.45) is 4.19. The molecule has 1 heterocycles. The molecule has 1 aliphatic heterocycles. The van der Waals surface area contributed by atoms with E-state index in [-0.39, 0.29) is 11.3 Å². The van der Waals surface area contributed by atoms with Crippen molar-refractivity contribution in [2.75, 3.05) is 10.2 Å². The second-order valence-electron chi connectivity index (χ2n) is 7.20. The molecular weight excluding hydrogens is 342 g/mol. The van der Waals surface area contributed by atoms with Gasteiger partial charge in [0.05, 0.1) is 5.69 Å². The van der Waals surface area contributed by atoms with Gasteiger partial charge >= 0.3 is 0 Å². The Hall–Kier alpha value is -2.40. The number of aromatic hydroxyl groups is 1. The van der Waals surface area contributed by atoms with E-state index in [1.165, 1.54) is 11.1 Å². The SMILES string of the molecule is Cc1cccc(C)c1NC1=NC(=S)N(c2ccccc2O)C12CCCC2. The van der Waals surface area contributed by atoms with Crippen LogP contribution in [-0.4, -0.2) is 21.6 Å². The van der Waals surface area contributed by atoms with Crippen molar-refractivity contribution in [2.24, 2.45) is 4.99 Å². The average molecular weight is 366 g/mol. The fourth-order valence-corrected chi connectivity index (χ4v) is 4.58. The number of hydrogen-bond acceptors (Lipinski definition) is 3. The summed E-state index contributed by atoms with van der Waals surface area (Å²) in [6, 6.07) is 13.6. The van der Waals surface area contributed by atoms with Gasteiger partial charge in [-0.2, -0.15) is 0 Å². The standard InChI is InChI=1S/C21H23N3OS/c1-14-8-7-9-15(2)18(14)22-19-21(12-5-6-13-21)24(20(26)23-19)16-10-3-4-11-17(16)25/h3-4,7-11,25H,5-6,12-13H2,1-2H3,(H,22,23,26). The van der Waals surface area contributed by atoms with Crippen LogP contribution in [0, 0.1) is 13.8 Å². The van der Waals surface area contributed by atoms with E-state index >= 15 is 0 Å². The molecule has 0 saturated heterocycles. The van der Waals surface area contributed by atoms with Gasteiger partial charge in [-0.1, -0.05) is 43.2 Å². The number of phenolic OH excluding ortho intramolecular Hbond substituents is 1. The second-order valence-corrected chi connectivity index (χ2v) is 7.56. The van der Waals surface area contributed by atoms with Gasteiger partial charge in [0.1, 0.15) is 17.1 Å². The van der Waals surface area contributed by atoms with Gasteiger partial charge < -0.3 is 15.3 Å². The van der Waals surface area contributed by atoms with E-state index in [1.54, 1.807) is 6.07 Å². The van der Waals surface area contributed by atoms with Crippen LogP contribution in [0.1, 0.15) is 36.8 Å². The minimum absolute atomic E-state index is 0.240. The molecule has 2 N–H and O–H groups in total. The van der Waals surface area contributed by atoms with Gasteiger partial charge in [0.2, 0.25) is 5.11 Å². The molecule has 4 rings (SSSR count). The lowest BCUT2D eigenvalue weighted by Gasteiger charge is -2.37. The Morgan fingerprint density at radius 1 is 1.04 bits per heavy atom. The molecule has 0 amide bonds. The third-order valence-electron chi connectivity index (χ3n) is 5.55. The van der Waals surface area contributed by atoms with Crippen LogP contribution in [-0.2, 0) is 0 Å². The van der Waals surface area contributed by atoms with Crippen LogP contribution in [0.3, 0.4) is 0 Å². The average Bonchev–Trinajstić information content (AvgIpc) is 3.19. The van der Waals surface area contributed by atoms with E-state index < -0.39 is 0 Å². The zero-order valence-corrected chi connectivity index (χ0v) is 15.9. The fourth-order valence-electron chi connectivity index (χ4n) is 4.22. The first-order chi connectivity index (χ1) is 12.5. The van der Waals surface area contributed by atoms with Gasteiger partial charge in [-0.15, -0.1) is 0 Å². The summed E-state index contributed by atoms with van der Waals surface area (Å²) in [5.74, 6) is 1.14. The number of para-hydroxylation sites is 3. The highest BCUT2D eigenvalue weighted by molar-refractivity contribution is 7.80. The summed E-state index contributed by atoms with van der Waals surface area (Å²) in [5.41, 5.74) is 3.91. The van der Waals surface area contributed by atoms with Crippen molar-refractivity contribution < 1.29 is 5.11 Å². The summed E-state index contributed by atoms with van der Waals surface area (Å²) in [7, 11) is 0. The van der Waals surface area contributed by atoms with Crippen LogP contribution in [0.25, 0.3) is 0 Å². The smallest absolute Gasteiger partial charge is 0.202 e. The number of thiocarbonyl (C=S) groups is 1. The summed E-state index contributed by atoms with van der Waals surface area (Å²) in [6.45, 7) is 4.20. The van der Waals surface area contributed by atoms with Crippen molar-refractivity contribution in [1.82, 2.24) is 0 Å². The maximum Gasteiger partial charge on any atom is 0.202 e. The molecule has 1 fully saturated rings. The van der Waals surface area contributed by atoms with Crippen LogP contribution < -0.4 is 10.2 Å². The van der Waals surface area contributed by atoms with Crippen molar-refractivity contribution in [3.8, 4) is 5.75 Å². The minimum atomic E-state index is -0.301. The molecular formula is C21H23N3OS. The van der Waals surface area contributed by atoms with Gasteiger partial charge in [-0.25, -0.2) is 4.99 Å². The van der Waals surface area contributed by atoms with Gasteiger partial charge in [-0.05, 0) is 62.2 Å². The normalized spacial score (nSPS) is 18.5. The van der Waals surface area contributed by atoms with E-state index in [0.717, 1.165) is 42.9 Å². The summed E-state index contributed by atoms with van der Waals surface area (Å²) in [5, 5.41) is 14.5. The van der Waals surface area contributed by atoms with E-state index in [0.29, 0.717) is 5.11 Å². The molecule has 2 aromatic carbocycles. The van der Waals surface area contributed by atoms with Crippen LogP contribution in [0.5, 0.6) is 5.75 Å². The third-order valence-corrected chi connectivity index (χ3v) is 5.82. The van der Waals surface area contributed by atoms with E-state index in [9.17, 15) is 5.11 Å². The maximum absolute atomic E-state index is 10.4. The number of nitrogens with one attached hydrogen (secondary N) is 1. The molecule has 0 aromatic heterocycles. The monoisotopic (exact) mass is 365 g/mol. The molecule has 4 nitrogen and oxygen atoms in total. The van der Waals surface area contributed by atoms with Gasteiger partial charge in [0, 0.05) is 5.69 Å². The second kappa shape index (κ2) is 6.40. The predicted octanol–water partition coefficient (Wildman–Crippen LogP) is 4.94. The number of phenols is 1. The molecule has 1 saturated carbocycles. The number of nitrogens with zero attached hydrogens (tertiary/aromatic N) is 2. The Kier molecular flexibility index (Phi) is 4.19. The minimum Gasteiger partial charge on any atom is -0.506 e. The first-order valence-corrected chi connectivity index (χ1v) is 9.48. The van der Waals surface area contributed by atoms with Crippen LogP contribution in [0.2, 0.25) is 0 Å². The van der Waals surface area contributed by atoms with E-state index in [1.807, 2.05) is 18.2 Å². The number of rotatable bonds is 2. The first kappa shape index (κ1) is 17.0. The van der Waals surface area contributed by atoms with Crippen molar-refractivity contribution in [3.05, 3.63) is 53.6 Å². The number of aliphatic imine (C=N–C) groups is 1. The molecule has 0 radical (unpaired) electrons. The Labute approximate surface area is 159 Å². The third kappa shape index (κ3) is 2.58. The lowest BCUT2D eigenvalue weighted by atomic mass is 9.93. The molecule has 1 spiro atoms. The molecule has 0 bridgehead atoms. The van der Waals surface area contributed by atoms with E-state index in [2.05, 4.69) is 42.3 Å². The van der Waals surface area contributed by atoms with Crippen molar-refractivity contribution >= 4 is 34.5 Å². The molecule has 134 valence electrons.